The van der Waals surface area contributed by atoms with Crippen molar-refractivity contribution in [2.45, 2.75) is 39.3 Å². The van der Waals surface area contributed by atoms with Gasteiger partial charge >= 0.3 is 0 Å². The Balaban J connectivity index is 2.72. The van der Waals surface area contributed by atoms with Gasteiger partial charge in [0.15, 0.2) is 0 Å². The molecule has 1 aromatic heterocycles. The van der Waals surface area contributed by atoms with Crippen LogP contribution in [0.4, 0.5) is 0 Å². The summed E-state index contributed by atoms with van der Waals surface area (Å²) in [6.07, 6.45) is 6.59. The molecule has 0 radical (unpaired) electrons. The van der Waals surface area contributed by atoms with Crippen LogP contribution in [0.25, 0.3) is 0 Å². The van der Waals surface area contributed by atoms with Gasteiger partial charge in [0, 0.05) is 24.5 Å². The van der Waals surface area contributed by atoms with Crippen LogP contribution >= 0.6 is 0 Å². The number of pyridine rings is 1. The van der Waals surface area contributed by atoms with Crippen LogP contribution in [0.5, 0.6) is 0 Å². The lowest BCUT2D eigenvalue weighted by atomic mass is 10.0. The second-order valence-corrected chi connectivity index (χ2v) is 4.56. The van der Waals surface area contributed by atoms with Crippen molar-refractivity contribution in [2.24, 2.45) is 5.92 Å². The van der Waals surface area contributed by atoms with Gasteiger partial charge in [0.05, 0.1) is 0 Å². The number of hydrogen-bond acceptors (Lipinski definition) is 2. The number of aromatic nitrogens is 1. The van der Waals surface area contributed by atoms with E-state index >= 15 is 0 Å². The minimum Gasteiger partial charge on any atom is -0.307 e. The lowest BCUT2D eigenvalue weighted by Gasteiger charge is -2.25. The van der Waals surface area contributed by atoms with Gasteiger partial charge in [-0.3, -0.25) is 4.98 Å². The zero-order valence-electron chi connectivity index (χ0n) is 10.5. The minimum absolute atomic E-state index is 0.345. The van der Waals surface area contributed by atoms with Gasteiger partial charge in [-0.1, -0.05) is 19.9 Å². The van der Waals surface area contributed by atoms with Crippen LogP contribution < -0.4 is 5.32 Å². The van der Waals surface area contributed by atoms with Crippen LogP contribution in [0.2, 0.25) is 0 Å². The summed E-state index contributed by atoms with van der Waals surface area (Å²) >= 11 is 0. The minimum atomic E-state index is 0.345. The van der Waals surface area contributed by atoms with E-state index in [1.807, 2.05) is 18.5 Å². The van der Waals surface area contributed by atoms with E-state index in [1.165, 1.54) is 5.56 Å². The molecular weight excluding hydrogens is 196 g/mol. The molecule has 1 aromatic rings. The fraction of sp³-hybridized carbons (Fsp3) is 0.500. The Labute approximate surface area is 98.8 Å². The van der Waals surface area contributed by atoms with E-state index in [1.54, 1.807) is 0 Å². The van der Waals surface area contributed by atoms with Gasteiger partial charge in [-0.2, -0.15) is 0 Å². The largest absolute Gasteiger partial charge is 0.307 e. The second-order valence-electron chi connectivity index (χ2n) is 4.56. The van der Waals surface area contributed by atoms with Crippen molar-refractivity contribution >= 4 is 0 Å². The van der Waals surface area contributed by atoms with Gasteiger partial charge in [-0.05, 0) is 37.0 Å². The van der Waals surface area contributed by atoms with Crippen molar-refractivity contribution in [3.8, 4) is 0 Å². The van der Waals surface area contributed by atoms with Crippen molar-refractivity contribution in [1.29, 1.82) is 0 Å². The second kappa shape index (κ2) is 6.44. The zero-order chi connectivity index (χ0) is 12.0. The average molecular weight is 218 g/mol. The van der Waals surface area contributed by atoms with Crippen molar-refractivity contribution < 1.29 is 0 Å². The van der Waals surface area contributed by atoms with E-state index in [0.29, 0.717) is 18.0 Å². The Morgan fingerprint density at radius 2 is 1.94 bits per heavy atom. The van der Waals surface area contributed by atoms with Crippen LogP contribution in [0.1, 0.15) is 38.8 Å². The molecule has 1 rings (SSSR count). The van der Waals surface area contributed by atoms with Crippen LogP contribution in [0.3, 0.4) is 0 Å². The van der Waals surface area contributed by atoms with Crippen LogP contribution in [0, 0.1) is 5.92 Å². The highest BCUT2D eigenvalue weighted by molar-refractivity contribution is 5.16. The molecule has 2 nitrogen and oxygen atoms in total. The average Bonchev–Trinajstić information content (AvgIpc) is 2.29. The molecule has 0 saturated carbocycles. The molecule has 1 heterocycles. The summed E-state index contributed by atoms with van der Waals surface area (Å²) in [5.74, 6) is 0.633. The fourth-order valence-corrected chi connectivity index (χ4v) is 1.57. The van der Waals surface area contributed by atoms with Crippen molar-refractivity contribution in [3.05, 3.63) is 42.7 Å². The van der Waals surface area contributed by atoms with E-state index in [0.717, 1.165) is 6.42 Å². The Morgan fingerprint density at radius 3 is 2.44 bits per heavy atom. The van der Waals surface area contributed by atoms with Gasteiger partial charge in [-0.25, -0.2) is 0 Å². The van der Waals surface area contributed by atoms with Crippen LogP contribution in [-0.2, 0) is 0 Å². The molecule has 2 atom stereocenters. The molecule has 0 bridgehead atoms. The zero-order valence-corrected chi connectivity index (χ0v) is 10.5. The van der Waals surface area contributed by atoms with Crippen LogP contribution in [-0.4, -0.2) is 11.0 Å². The van der Waals surface area contributed by atoms with Crippen molar-refractivity contribution in [2.75, 3.05) is 0 Å². The summed E-state index contributed by atoms with van der Waals surface area (Å²) in [6, 6.07) is 4.97. The van der Waals surface area contributed by atoms with Crippen molar-refractivity contribution in [1.82, 2.24) is 10.3 Å². The van der Waals surface area contributed by atoms with E-state index in [9.17, 15) is 0 Å². The molecule has 0 aliphatic carbocycles. The summed E-state index contributed by atoms with van der Waals surface area (Å²) in [7, 11) is 0. The molecule has 0 spiro atoms. The Kier molecular flexibility index (Phi) is 5.20. The molecule has 0 saturated heterocycles. The Bertz CT molecular complexity index is 306. The first-order valence-corrected chi connectivity index (χ1v) is 5.92. The highest BCUT2D eigenvalue weighted by Gasteiger charge is 2.14. The monoisotopic (exact) mass is 218 g/mol. The van der Waals surface area contributed by atoms with E-state index in [-0.39, 0.29) is 0 Å². The third-order valence-corrected chi connectivity index (χ3v) is 2.97. The summed E-state index contributed by atoms with van der Waals surface area (Å²) in [5, 5.41) is 3.63. The maximum absolute atomic E-state index is 4.05. The maximum Gasteiger partial charge on any atom is 0.0358 e. The third-order valence-electron chi connectivity index (χ3n) is 2.97. The third kappa shape index (κ3) is 3.78. The molecule has 0 aromatic carbocycles. The highest BCUT2D eigenvalue weighted by atomic mass is 14.9. The van der Waals surface area contributed by atoms with E-state index < -0.39 is 0 Å². The molecule has 1 N–H and O–H groups in total. The van der Waals surface area contributed by atoms with Gasteiger partial charge in [0.25, 0.3) is 0 Å². The molecule has 2 heteroatoms. The predicted octanol–water partition coefficient (Wildman–Crippen LogP) is 3.33. The highest BCUT2D eigenvalue weighted by Crippen LogP contribution is 2.18. The SMILES string of the molecule is C=CCC(NC(C)C(C)C)c1ccncc1. The lowest BCUT2D eigenvalue weighted by Crippen LogP contribution is -2.34. The number of nitrogens with one attached hydrogen (secondary N) is 1. The molecule has 0 fully saturated rings. The topological polar surface area (TPSA) is 24.9 Å². The summed E-state index contributed by atoms with van der Waals surface area (Å²) in [5.41, 5.74) is 1.28. The fourth-order valence-electron chi connectivity index (χ4n) is 1.57. The molecule has 0 aliphatic heterocycles. The van der Waals surface area contributed by atoms with E-state index in [2.05, 4.69) is 49.8 Å². The van der Waals surface area contributed by atoms with E-state index in [4.69, 9.17) is 0 Å². The molecule has 16 heavy (non-hydrogen) atoms. The number of nitrogens with zero attached hydrogens (tertiary/aromatic N) is 1. The Hall–Kier alpha value is -1.15. The quantitative estimate of drug-likeness (QED) is 0.741. The number of rotatable bonds is 6. The van der Waals surface area contributed by atoms with Gasteiger partial charge in [0.1, 0.15) is 0 Å². The van der Waals surface area contributed by atoms with Crippen molar-refractivity contribution in [3.63, 3.8) is 0 Å². The molecule has 2 unspecified atom stereocenters. The summed E-state index contributed by atoms with van der Waals surface area (Å²) < 4.78 is 0. The smallest absolute Gasteiger partial charge is 0.0358 e. The molecule has 88 valence electrons. The predicted molar refractivity (Wildman–Crippen MR) is 69.2 cm³/mol. The molecule has 0 aliphatic rings. The lowest BCUT2D eigenvalue weighted by molar-refractivity contribution is 0.377. The number of hydrogen-bond donors (Lipinski definition) is 1. The maximum atomic E-state index is 4.05. The van der Waals surface area contributed by atoms with Gasteiger partial charge < -0.3 is 5.32 Å². The molecule has 0 amide bonds. The molecular formula is C14H22N2. The normalized spacial score (nSPS) is 14.8. The van der Waals surface area contributed by atoms with Crippen LogP contribution in [0.15, 0.2) is 37.2 Å². The first-order valence-electron chi connectivity index (χ1n) is 5.92. The standard InChI is InChI=1S/C14H22N2/c1-5-6-14(16-12(4)11(2)3)13-7-9-15-10-8-13/h5,7-12,14,16H,1,6H2,2-4H3. The summed E-state index contributed by atoms with van der Waals surface area (Å²) in [6.45, 7) is 10.5. The first-order chi connectivity index (χ1) is 7.65. The van der Waals surface area contributed by atoms with Gasteiger partial charge in [-0.15, -0.1) is 6.58 Å². The first kappa shape index (κ1) is 12.9. The Morgan fingerprint density at radius 1 is 1.31 bits per heavy atom. The summed E-state index contributed by atoms with van der Waals surface area (Å²) in [4.78, 5) is 4.05. The van der Waals surface area contributed by atoms with Gasteiger partial charge in [0.2, 0.25) is 0 Å².